The standard InChI is InChI=1S/C14H17FN2O4/c15-11-6-10(13(19)20)3-4-12(11)16-14(21)17-5-1-2-9(7-17)8-18/h3-4,6,9,18H,1-2,5,7-8H2,(H,16,21)(H,19,20). The summed E-state index contributed by atoms with van der Waals surface area (Å²) in [5.74, 6) is -1.98. The van der Waals surface area contributed by atoms with Gasteiger partial charge in [-0.2, -0.15) is 0 Å². The molecule has 6 nitrogen and oxygen atoms in total. The fourth-order valence-electron chi connectivity index (χ4n) is 2.34. The minimum Gasteiger partial charge on any atom is -0.478 e. The fourth-order valence-corrected chi connectivity index (χ4v) is 2.34. The van der Waals surface area contributed by atoms with E-state index in [2.05, 4.69) is 5.32 Å². The van der Waals surface area contributed by atoms with Crippen molar-refractivity contribution in [2.45, 2.75) is 12.8 Å². The number of carbonyl (C=O) groups is 2. The van der Waals surface area contributed by atoms with Crippen molar-refractivity contribution < 1.29 is 24.2 Å². The number of carboxylic acid groups (broad SMARTS) is 1. The summed E-state index contributed by atoms with van der Waals surface area (Å²) in [4.78, 5) is 24.3. The van der Waals surface area contributed by atoms with Crippen LogP contribution in [-0.4, -0.2) is 46.8 Å². The van der Waals surface area contributed by atoms with Gasteiger partial charge in [0.2, 0.25) is 0 Å². The second-order valence-corrected chi connectivity index (χ2v) is 5.07. The number of hydrogen-bond acceptors (Lipinski definition) is 3. The van der Waals surface area contributed by atoms with Gasteiger partial charge >= 0.3 is 12.0 Å². The Morgan fingerprint density at radius 1 is 1.43 bits per heavy atom. The molecule has 0 bridgehead atoms. The Hall–Kier alpha value is -2.15. The summed E-state index contributed by atoms with van der Waals surface area (Å²) >= 11 is 0. The molecule has 0 aromatic heterocycles. The lowest BCUT2D eigenvalue weighted by Crippen LogP contribution is -2.43. The predicted molar refractivity (Wildman–Crippen MR) is 73.8 cm³/mol. The van der Waals surface area contributed by atoms with Crippen molar-refractivity contribution in [3.05, 3.63) is 29.6 Å². The first kappa shape index (κ1) is 15.2. The van der Waals surface area contributed by atoms with Crippen LogP contribution in [-0.2, 0) is 0 Å². The average Bonchev–Trinajstić information content (AvgIpc) is 2.49. The number of rotatable bonds is 3. The van der Waals surface area contributed by atoms with Gasteiger partial charge < -0.3 is 20.4 Å². The predicted octanol–water partition coefficient (Wildman–Crippen LogP) is 1.76. The Balaban J connectivity index is 2.04. The number of benzene rings is 1. The summed E-state index contributed by atoms with van der Waals surface area (Å²) in [6.07, 6.45) is 1.65. The second-order valence-electron chi connectivity index (χ2n) is 5.07. The molecule has 2 rings (SSSR count). The Kier molecular flexibility index (Phi) is 4.74. The topological polar surface area (TPSA) is 89.9 Å². The van der Waals surface area contributed by atoms with Gasteiger partial charge in [0.15, 0.2) is 0 Å². The lowest BCUT2D eigenvalue weighted by Gasteiger charge is -2.31. The van der Waals surface area contributed by atoms with Crippen molar-refractivity contribution >= 4 is 17.7 Å². The van der Waals surface area contributed by atoms with Gasteiger partial charge in [0, 0.05) is 19.7 Å². The molecule has 114 valence electrons. The number of aliphatic hydroxyl groups is 1. The van der Waals surface area contributed by atoms with E-state index in [0.29, 0.717) is 13.1 Å². The highest BCUT2D eigenvalue weighted by atomic mass is 19.1. The number of nitrogens with zero attached hydrogens (tertiary/aromatic N) is 1. The average molecular weight is 296 g/mol. The Labute approximate surface area is 121 Å². The highest BCUT2D eigenvalue weighted by Crippen LogP contribution is 2.19. The summed E-state index contributed by atoms with van der Waals surface area (Å²) in [6.45, 7) is 1.000. The summed E-state index contributed by atoms with van der Waals surface area (Å²) < 4.78 is 13.7. The van der Waals surface area contributed by atoms with Gasteiger partial charge in [0.1, 0.15) is 5.82 Å². The summed E-state index contributed by atoms with van der Waals surface area (Å²) in [5, 5.41) is 20.3. The molecule has 1 aromatic carbocycles. The monoisotopic (exact) mass is 296 g/mol. The molecule has 1 heterocycles. The minimum atomic E-state index is -1.23. The van der Waals surface area contributed by atoms with Crippen LogP contribution in [0.25, 0.3) is 0 Å². The first-order valence-corrected chi connectivity index (χ1v) is 6.71. The van der Waals surface area contributed by atoms with Crippen molar-refractivity contribution in [2.75, 3.05) is 25.0 Å². The third-order valence-electron chi connectivity index (χ3n) is 3.52. The Bertz CT molecular complexity index is 550. The fraction of sp³-hybridized carbons (Fsp3) is 0.429. The maximum atomic E-state index is 13.7. The van der Waals surface area contributed by atoms with Crippen molar-refractivity contribution in [1.82, 2.24) is 4.90 Å². The summed E-state index contributed by atoms with van der Waals surface area (Å²) in [6, 6.07) is 2.87. The molecule has 1 aliphatic rings. The highest BCUT2D eigenvalue weighted by molar-refractivity contribution is 5.91. The van der Waals surface area contributed by atoms with E-state index in [1.54, 1.807) is 0 Å². The van der Waals surface area contributed by atoms with Gasteiger partial charge in [0.05, 0.1) is 11.3 Å². The van der Waals surface area contributed by atoms with E-state index in [9.17, 15) is 14.0 Å². The number of likely N-dealkylation sites (tertiary alicyclic amines) is 1. The molecule has 0 aliphatic carbocycles. The van der Waals surface area contributed by atoms with Gasteiger partial charge in [-0.05, 0) is 37.0 Å². The van der Waals surface area contributed by atoms with E-state index in [1.165, 1.54) is 17.0 Å². The SMILES string of the molecule is O=C(O)c1ccc(NC(=O)N2CCCC(CO)C2)c(F)c1. The highest BCUT2D eigenvalue weighted by Gasteiger charge is 2.23. The van der Waals surface area contributed by atoms with Gasteiger partial charge in [0.25, 0.3) is 0 Å². The molecule has 0 radical (unpaired) electrons. The maximum Gasteiger partial charge on any atom is 0.335 e. The number of aromatic carboxylic acids is 1. The zero-order valence-corrected chi connectivity index (χ0v) is 11.4. The van der Waals surface area contributed by atoms with Gasteiger partial charge in [-0.15, -0.1) is 0 Å². The molecule has 1 aromatic rings. The van der Waals surface area contributed by atoms with E-state index >= 15 is 0 Å². The number of nitrogens with one attached hydrogen (secondary N) is 1. The normalized spacial score (nSPS) is 18.4. The van der Waals surface area contributed by atoms with E-state index < -0.39 is 17.8 Å². The van der Waals surface area contributed by atoms with Crippen molar-refractivity contribution in [3.63, 3.8) is 0 Å². The number of piperidine rings is 1. The molecule has 21 heavy (non-hydrogen) atoms. The molecular weight excluding hydrogens is 279 g/mol. The van der Waals surface area contributed by atoms with Crippen LogP contribution in [0.5, 0.6) is 0 Å². The first-order chi connectivity index (χ1) is 10.0. The van der Waals surface area contributed by atoms with Crippen LogP contribution >= 0.6 is 0 Å². The van der Waals surface area contributed by atoms with Crippen molar-refractivity contribution in [2.24, 2.45) is 5.92 Å². The van der Waals surface area contributed by atoms with Gasteiger partial charge in [-0.1, -0.05) is 0 Å². The largest absolute Gasteiger partial charge is 0.478 e. The molecule has 0 saturated carbocycles. The van der Waals surface area contributed by atoms with Crippen LogP contribution in [0.1, 0.15) is 23.2 Å². The van der Waals surface area contributed by atoms with Crippen molar-refractivity contribution in [3.8, 4) is 0 Å². The number of amides is 2. The molecule has 0 spiro atoms. The van der Waals surface area contributed by atoms with Crippen LogP contribution < -0.4 is 5.32 Å². The van der Waals surface area contributed by atoms with E-state index in [-0.39, 0.29) is 23.8 Å². The number of halogens is 1. The first-order valence-electron chi connectivity index (χ1n) is 6.71. The van der Waals surface area contributed by atoms with Crippen LogP contribution in [0.3, 0.4) is 0 Å². The smallest absolute Gasteiger partial charge is 0.335 e. The van der Waals surface area contributed by atoms with E-state index in [1.807, 2.05) is 0 Å². The number of anilines is 1. The lowest BCUT2D eigenvalue weighted by molar-refractivity contribution is 0.0696. The molecule has 1 saturated heterocycles. The molecular formula is C14H17FN2O4. The molecule has 2 amide bonds. The molecule has 1 unspecified atom stereocenters. The van der Waals surface area contributed by atoms with E-state index in [0.717, 1.165) is 18.9 Å². The van der Waals surface area contributed by atoms with Crippen LogP contribution in [0, 0.1) is 11.7 Å². The second kappa shape index (κ2) is 6.53. The maximum absolute atomic E-state index is 13.7. The number of carbonyl (C=O) groups excluding carboxylic acids is 1. The molecule has 3 N–H and O–H groups in total. The minimum absolute atomic E-state index is 0.0193. The van der Waals surface area contributed by atoms with Crippen LogP contribution in [0.2, 0.25) is 0 Å². The quantitative estimate of drug-likeness (QED) is 0.793. The lowest BCUT2D eigenvalue weighted by atomic mass is 9.99. The zero-order valence-electron chi connectivity index (χ0n) is 11.4. The molecule has 1 fully saturated rings. The number of urea groups is 1. The third kappa shape index (κ3) is 3.69. The Morgan fingerprint density at radius 3 is 2.81 bits per heavy atom. The molecule has 7 heteroatoms. The van der Waals surface area contributed by atoms with Gasteiger partial charge in [-0.25, -0.2) is 14.0 Å². The Morgan fingerprint density at radius 2 is 2.19 bits per heavy atom. The van der Waals surface area contributed by atoms with E-state index in [4.69, 9.17) is 10.2 Å². The summed E-state index contributed by atoms with van der Waals surface area (Å²) in [5.41, 5.74) is -0.236. The third-order valence-corrected chi connectivity index (χ3v) is 3.52. The zero-order chi connectivity index (χ0) is 15.4. The molecule has 1 aliphatic heterocycles. The van der Waals surface area contributed by atoms with Crippen LogP contribution in [0.4, 0.5) is 14.9 Å². The van der Waals surface area contributed by atoms with Crippen LogP contribution in [0.15, 0.2) is 18.2 Å². The number of aliphatic hydroxyl groups excluding tert-OH is 1. The number of hydrogen-bond donors (Lipinski definition) is 3. The summed E-state index contributed by atoms with van der Waals surface area (Å²) in [7, 11) is 0. The van der Waals surface area contributed by atoms with Crippen molar-refractivity contribution in [1.29, 1.82) is 0 Å². The van der Waals surface area contributed by atoms with Gasteiger partial charge in [-0.3, -0.25) is 0 Å². The number of carboxylic acids is 1. The molecule has 1 atom stereocenters.